The first-order valence-electron chi connectivity index (χ1n) is 5.17. The second-order valence-corrected chi connectivity index (χ2v) is 4.10. The van der Waals surface area contributed by atoms with Crippen molar-refractivity contribution in [3.63, 3.8) is 0 Å². The maximum absolute atomic E-state index is 5.69. The van der Waals surface area contributed by atoms with Crippen LogP contribution in [0.15, 0.2) is 24.3 Å². The summed E-state index contributed by atoms with van der Waals surface area (Å²) in [6.45, 7) is 7.35. The van der Waals surface area contributed by atoms with E-state index in [0.717, 1.165) is 5.75 Å². The van der Waals surface area contributed by atoms with E-state index in [2.05, 4.69) is 37.8 Å². The maximum Gasteiger partial charge on any atom is 0.142 e. The number of benzene rings is 1. The van der Waals surface area contributed by atoms with Gasteiger partial charge in [0, 0.05) is 17.6 Å². The molecule has 0 bridgehead atoms. The third kappa shape index (κ3) is 1.50. The lowest BCUT2D eigenvalue weighted by molar-refractivity contribution is 0.0389. The van der Waals surface area contributed by atoms with Gasteiger partial charge in [-0.05, 0) is 26.8 Å². The van der Waals surface area contributed by atoms with Gasteiger partial charge in [0.25, 0.3) is 0 Å². The van der Waals surface area contributed by atoms with Crippen LogP contribution < -0.4 is 4.74 Å². The third-order valence-corrected chi connectivity index (χ3v) is 2.90. The van der Waals surface area contributed by atoms with Crippen molar-refractivity contribution in [2.75, 3.05) is 6.73 Å². The average molecular weight is 191 g/mol. The molecule has 1 aromatic rings. The predicted octanol–water partition coefficient (Wildman–Crippen LogP) is 2.81. The predicted molar refractivity (Wildman–Crippen MR) is 57.3 cm³/mol. The van der Waals surface area contributed by atoms with E-state index in [1.165, 1.54) is 5.56 Å². The summed E-state index contributed by atoms with van der Waals surface area (Å²) < 4.78 is 5.69. The zero-order chi connectivity index (χ0) is 10.1. The third-order valence-electron chi connectivity index (χ3n) is 2.90. The minimum absolute atomic E-state index is 0.458. The molecular formula is C12H17NO. The zero-order valence-electron chi connectivity index (χ0n) is 9.03. The van der Waals surface area contributed by atoms with Crippen LogP contribution in [0.3, 0.4) is 0 Å². The van der Waals surface area contributed by atoms with Gasteiger partial charge in [-0.3, -0.25) is 4.90 Å². The van der Waals surface area contributed by atoms with E-state index in [1.807, 2.05) is 12.1 Å². The van der Waals surface area contributed by atoms with Crippen LogP contribution in [-0.2, 0) is 0 Å². The van der Waals surface area contributed by atoms with Gasteiger partial charge in [0.05, 0.1) is 0 Å². The Labute approximate surface area is 85.5 Å². The molecule has 0 spiro atoms. The van der Waals surface area contributed by atoms with Crippen LogP contribution in [0.2, 0.25) is 0 Å². The fourth-order valence-corrected chi connectivity index (χ4v) is 1.99. The van der Waals surface area contributed by atoms with E-state index < -0.39 is 0 Å². The summed E-state index contributed by atoms with van der Waals surface area (Å²) >= 11 is 0. The molecular weight excluding hydrogens is 174 g/mol. The molecule has 2 rings (SSSR count). The first-order valence-corrected chi connectivity index (χ1v) is 5.17. The van der Waals surface area contributed by atoms with E-state index in [9.17, 15) is 0 Å². The summed E-state index contributed by atoms with van der Waals surface area (Å²) in [5.74, 6) is 1.04. The molecule has 0 N–H and O–H groups in total. The Bertz CT molecular complexity index is 322. The van der Waals surface area contributed by atoms with Crippen molar-refractivity contribution < 1.29 is 4.74 Å². The van der Waals surface area contributed by atoms with E-state index in [-0.39, 0.29) is 0 Å². The molecule has 0 fully saturated rings. The van der Waals surface area contributed by atoms with Crippen LogP contribution >= 0.6 is 0 Å². The maximum atomic E-state index is 5.69. The Kier molecular flexibility index (Phi) is 2.46. The summed E-state index contributed by atoms with van der Waals surface area (Å²) in [4.78, 5) is 2.35. The summed E-state index contributed by atoms with van der Waals surface area (Å²) in [6, 6.07) is 9.27. The molecule has 1 heterocycles. The van der Waals surface area contributed by atoms with Crippen molar-refractivity contribution in [3.05, 3.63) is 29.8 Å². The van der Waals surface area contributed by atoms with Crippen LogP contribution in [0.4, 0.5) is 0 Å². The Balaban J connectivity index is 2.31. The smallest absolute Gasteiger partial charge is 0.142 e. The molecule has 76 valence electrons. The fourth-order valence-electron chi connectivity index (χ4n) is 1.99. The van der Waals surface area contributed by atoms with Crippen molar-refractivity contribution in [3.8, 4) is 5.75 Å². The average Bonchev–Trinajstić information content (AvgIpc) is 2.18. The Morgan fingerprint density at radius 3 is 2.79 bits per heavy atom. The van der Waals surface area contributed by atoms with Crippen LogP contribution in [0.25, 0.3) is 0 Å². The molecule has 0 amide bonds. The van der Waals surface area contributed by atoms with E-state index in [4.69, 9.17) is 4.74 Å². The molecule has 0 aliphatic carbocycles. The molecule has 2 heteroatoms. The summed E-state index contributed by atoms with van der Waals surface area (Å²) in [5, 5.41) is 0. The topological polar surface area (TPSA) is 12.5 Å². The summed E-state index contributed by atoms with van der Waals surface area (Å²) in [6.07, 6.45) is 0. The molecule has 14 heavy (non-hydrogen) atoms. The molecule has 0 radical (unpaired) electrons. The van der Waals surface area contributed by atoms with Crippen LogP contribution in [0.5, 0.6) is 5.75 Å². The van der Waals surface area contributed by atoms with Gasteiger partial charge >= 0.3 is 0 Å². The molecule has 0 saturated carbocycles. The van der Waals surface area contributed by atoms with Gasteiger partial charge in [-0.25, -0.2) is 0 Å². The van der Waals surface area contributed by atoms with Crippen LogP contribution in [0, 0.1) is 0 Å². The number of ether oxygens (including phenoxy) is 1. The van der Waals surface area contributed by atoms with Crippen molar-refractivity contribution in [2.24, 2.45) is 0 Å². The van der Waals surface area contributed by atoms with Gasteiger partial charge in [-0.15, -0.1) is 0 Å². The monoisotopic (exact) mass is 191 g/mol. The van der Waals surface area contributed by atoms with Crippen molar-refractivity contribution in [2.45, 2.75) is 32.9 Å². The highest BCUT2D eigenvalue weighted by molar-refractivity contribution is 5.36. The lowest BCUT2D eigenvalue weighted by atomic mass is 10.0. The van der Waals surface area contributed by atoms with Crippen LogP contribution in [-0.4, -0.2) is 17.7 Å². The highest BCUT2D eigenvalue weighted by Crippen LogP contribution is 2.34. The van der Waals surface area contributed by atoms with Crippen molar-refractivity contribution >= 4 is 0 Å². The van der Waals surface area contributed by atoms with Gasteiger partial charge in [0.1, 0.15) is 12.5 Å². The van der Waals surface area contributed by atoms with Crippen molar-refractivity contribution in [1.29, 1.82) is 0 Å². The molecule has 1 aromatic carbocycles. The molecule has 1 atom stereocenters. The number of rotatable bonds is 1. The number of hydrogen-bond donors (Lipinski definition) is 0. The van der Waals surface area contributed by atoms with E-state index in [1.54, 1.807) is 0 Å². The second-order valence-electron chi connectivity index (χ2n) is 4.10. The van der Waals surface area contributed by atoms with E-state index in [0.29, 0.717) is 18.8 Å². The summed E-state index contributed by atoms with van der Waals surface area (Å²) in [5.41, 5.74) is 1.30. The first-order chi connectivity index (χ1) is 6.70. The number of hydrogen-bond acceptors (Lipinski definition) is 2. The second kappa shape index (κ2) is 3.62. The molecule has 0 saturated heterocycles. The van der Waals surface area contributed by atoms with Crippen LogP contribution in [0.1, 0.15) is 32.4 Å². The fraction of sp³-hybridized carbons (Fsp3) is 0.500. The van der Waals surface area contributed by atoms with Crippen molar-refractivity contribution in [1.82, 2.24) is 4.90 Å². The number of nitrogens with zero attached hydrogens (tertiary/aromatic N) is 1. The SMILES string of the molecule is CC(C)N1COc2ccccc2[C@H]1C. The molecule has 1 aliphatic heterocycles. The van der Waals surface area contributed by atoms with E-state index >= 15 is 0 Å². The lowest BCUT2D eigenvalue weighted by Crippen LogP contribution is -2.39. The van der Waals surface area contributed by atoms with Gasteiger partial charge in [-0.1, -0.05) is 18.2 Å². The Morgan fingerprint density at radius 1 is 1.36 bits per heavy atom. The quantitative estimate of drug-likeness (QED) is 0.676. The minimum atomic E-state index is 0.458. The van der Waals surface area contributed by atoms with Gasteiger partial charge in [0.2, 0.25) is 0 Å². The highest BCUT2D eigenvalue weighted by Gasteiger charge is 2.25. The normalized spacial score (nSPS) is 21.9. The minimum Gasteiger partial charge on any atom is -0.478 e. The molecule has 1 aliphatic rings. The zero-order valence-corrected chi connectivity index (χ0v) is 9.03. The number of fused-ring (bicyclic) bond motifs is 1. The molecule has 0 aromatic heterocycles. The highest BCUT2D eigenvalue weighted by atomic mass is 16.5. The van der Waals surface area contributed by atoms with Gasteiger partial charge < -0.3 is 4.74 Å². The molecule has 2 nitrogen and oxygen atoms in total. The Hall–Kier alpha value is -1.02. The van der Waals surface area contributed by atoms with Gasteiger partial charge in [-0.2, -0.15) is 0 Å². The first kappa shape index (κ1) is 9.53. The standard InChI is InChI=1S/C12H17NO/c1-9(2)13-8-14-12-7-5-4-6-11(12)10(13)3/h4-7,9-10H,8H2,1-3H3/t10-/m1/s1. The van der Waals surface area contributed by atoms with Gasteiger partial charge in [0.15, 0.2) is 0 Å². The molecule has 0 unspecified atom stereocenters. The lowest BCUT2D eigenvalue weighted by Gasteiger charge is -2.37. The summed E-state index contributed by atoms with van der Waals surface area (Å²) in [7, 11) is 0. The largest absolute Gasteiger partial charge is 0.478 e. The Morgan fingerprint density at radius 2 is 2.07 bits per heavy atom. The number of para-hydroxylation sites is 1.